The molecular formula is C11H17NO4. The Morgan fingerprint density at radius 2 is 1.94 bits per heavy atom. The third-order valence-corrected chi connectivity index (χ3v) is 2.75. The molecule has 0 amide bonds. The van der Waals surface area contributed by atoms with Crippen LogP contribution in [-0.4, -0.2) is 49.7 Å². The molecule has 0 aromatic carbocycles. The summed E-state index contributed by atoms with van der Waals surface area (Å²) in [5.41, 5.74) is 0. The lowest BCUT2D eigenvalue weighted by Crippen LogP contribution is -2.43. The van der Waals surface area contributed by atoms with E-state index in [-0.39, 0.29) is 13.1 Å². The molecule has 2 rings (SSSR count). The molecule has 2 fully saturated rings. The highest BCUT2D eigenvalue weighted by atomic mass is 16.6. The summed E-state index contributed by atoms with van der Waals surface area (Å²) in [5.74, 6) is -0.114. The Bertz CT molecular complexity index is 259. The summed E-state index contributed by atoms with van der Waals surface area (Å²) >= 11 is 0. The lowest BCUT2D eigenvalue weighted by molar-refractivity contribution is -0.166. The molecule has 0 unspecified atom stereocenters. The number of carbonyl (C=O) groups is 2. The van der Waals surface area contributed by atoms with Crippen LogP contribution in [0.2, 0.25) is 0 Å². The van der Waals surface area contributed by atoms with Crippen LogP contribution in [0.4, 0.5) is 0 Å². The smallest absolute Gasteiger partial charge is 0.327 e. The molecule has 0 spiro atoms. The van der Waals surface area contributed by atoms with E-state index in [9.17, 15) is 9.59 Å². The molecular weight excluding hydrogens is 210 g/mol. The molecule has 1 heterocycles. The van der Waals surface area contributed by atoms with Gasteiger partial charge in [0.1, 0.15) is 0 Å². The van der Waals surface area contributed by atoms with Gasteiger partial charge in [-0.05, 0) is 25.2 Å². The minimum atomic E-state index is -0.449. The van der Waals surface area contributed by atoms with Crippen LogP contribution in [0.1, 0.15) is 19.3 Å². The van der Waals surface area contributed by atoms with Gasteiger partial charge < -0.3 is 9.47 Å². The second kappa shape index (κ2) is 5.41. The Balaban J connectivity index is 1.54. The quantitative estimate of drug-likeness (QED) is 0.368. The van der Waals surface area contributed by atoms with Crippen molar-refractivity contribution < 1.29 is 19.1 Å². The summed E-state index contributed by atoms with van der Waals surface area (Å²) in [6, 6.07) is 0. The average Bonchev–Trinajstić information content (AvgIpc) is 2.99. The number of hydrogen-bond donors (Lipinski definition) is 0. The van der Waals surface area contributed by atoms with Crippen LogP contribution in [0.3, 0.4) is 0 Å². The zero-order valence-electron chi connectivity index (χ0n) is 9.31. The fourth-order valence-electron chi connectivity index (χ4n) is 1.70. The molecule has 0 aromatic heterocycles. The van der Waals surface area contributed by atoms with Gasteiger partial charge in [-0.15, -0.1) is 0 Å². The van der Waals surface area contributed by atoms with E-state index in [1.165, 1.54) is 12.8 Å². The van der Waals surface area contributed by atoms with Crippen LogP contribution in [0, 0.1) is 5.92 Å². The highest BCUT2D eigenvalue weighted by molar-refractivity contribution is 5.90. The van der Waals surface area contributed by atoms with Gasteiger partial charge in [0.15, 0.2) is 0 Å². The summed E-state index contributed by atoms with van der Waals surface area (Å²) in [5, 5.41) is 0. The van der Waals surface area contributed by atoms with E-state index in [4.69, 9.17) is 4.74 Å². The third-order valence-electron chi connectivity index (χ3n) is 2.75. The van der Waals surface area contributed by atoms with E-state index < -0.39 is 11.9 Å². The fraction of sp³-hybridized carbons (Fsp3) is 0.818. The van der Waals surface area contributed by atoms with Crippen molar-refractivity contribution in [3.63, 3.8) is 0 Å². The maximum absolute atomic E-state index is 11.0. The minimum absolute atomic E-state index is 0.217. The van der Waals surface area contributed by atoms with Gasteiger partial charge in [-0.25, -0.2) is 0 Å². The van der Waals surface area contributed by atoms with Gasteiger partial charge >= 0.3 is 11.9 Å². The fourth-order valence-corrected chi connectivity index (χ4v) is 1.70. The Kier molecular flexibility index (Phi) is 3.90. The first-order chi connectivity index (χ1) is 7.74. The summed E-state index contributed by atoms with van der Waals surface area (Å²) in [6.07, 6.45) is 3.45. The van der Waals surface area contributed by atoms with Crippen LogP contribution in [0.5, 0.6) is 0 Å². The standard InChI is InChI=1S/C11H17NO4/c13-10-6-12(7-11(14)16-10)4-1-5-15-8-9-2-3-9/h9H,1-8H2. The van der Waals surface area contributed by atoms with E-state index >= 15 is 0 Å². The summed E-state index contributed by atoms with van der Waals surface area (Å²) in [4.78, 5) is 23.7. The molecule has 1 saturated carbocycles. The SMILES string of the molecule is O=C1CN(CCCOCC2CC2)CC(=O)O1. The number of esters is 2. The lowest BCUT2D eigenvalue weighted by Gasteiger charge is -2.23. The van der Waals surface area contributed by atoms with E-state index in [0.29, 0.717) is 13.2 Å². The van der Waals surface area contributed by atoms with E-state index in [1.54, 1.807) is 4.90 Å². The zero-order valence-corrected chi connectivity index (χ0v) is 9.31. The molecule has 5 nitrogen and oxygen atoms in total. The van der Waals surface area contributed by atoms with Gasteiger partial charge in [0.25, 0.3) is 0 Å². The molecule has 16 heavy (non-hydrogen) atoms. The number of ether oxygens (including phenoxy) is 2. The number of carbonyl (C=O) groups excluding carboxylic acids is 2. The molecule has 1 aliphatic heterocycles. The molecule has 0 radical (unpaired) electrons. The maximum atomic E-state index is 11.0. The van der Waals surface area contributed by atoms with Crippen molar-refractivity contribution in [1.29, 1.82) is 0 Å². The van der Waals surface area contributed by atoms with Gasteiger partial charge in [-0.3, -0.25) is 14.5 Å². The number of cyclic esters (lactones) is 2. The Morgan fingerprint density at radius 3 is 2.56 bits per heavy atom. The van der Waals surface area contributed by atoms with Crippen LogP contribution in [0.15, 0.2) is 0 Å². The van der Waals surface area contributed by atoms with E-state index in [0.717, 1.165) is 18.9 Å². The topological polar surface area (TPSA) is 55.8 Å². The molecule has 1 aliphatic carbocycles. The minimum Gasteiger partial charge on any atom is -0.391 e. The normalized spacial score (nSPS) is 22.2. The largest absolute Gasteiger partial charge is 0.391 e. The Hall–Kier alpha value is -0.940. The molecule has 0 aromatic rings. The number of hydrogen-bond acceptors (Lipinski definition) is 5. The first-order valence-corrected chi connectivity index (χ1v) is 5.77. The third kappa shape index (κ3) is 3.90. The first kappa shape index (κ1) is 11.5. The van der Waals surface area contributed by atoms with Gasteiger partial charge in [-0.2, -0.15) is 0 Å². The van der Waals surface area contributed by atoms with Crippen molar-refractivity contribution in [2.75, 3.05) is 32.8 Å². The summed E-state index contributed by atoms with van der Waals surface area (Å²) in [6.45, 7) is 2.71. The van der Waals surface area contributed by atoms with Crippen LogP contribution < -0.4 is 0 Å². The van der Waals surface area contributed by atoms with Crippen molar-refractivity contribution in [2.24, 2.45) is 5.92 Å². The predicted octanol–water partition coefficient (Wildman–Crippen LogP) is 0.188. The van der Waals surface area contributed by atoms with Crippen molar-refractivity contribution >= 4 is 11.9 Å². The Morgan fingerprint density at radius 1 is 1.25 bits per heavy atom. The van der Waals surface area contributed by atoms with Gasteiger partial charge in [0, 0.05) is 19.8 Å². The lowest BCUT2D eigenvalue weighted by atomic mass is 10.3. The molecule has 0 bridgehead atoms. The summed E-state index contributed by atoms with van der Waals surface area (Å²) < 4.78 is 9.91. The van der Waals surface area contributed by atoms with E-state index in [2.05, 4.69) is 4.74 Å². The zero-order chi connectivity index (χ0) is 11.4. The Labute approximate surface area is 94.7 Å². The molecule has 0 N–H and O–H groups in total. The summed E-state index contributed by atoms with van der Waals surface area (Å²) in [7, 11) is 0. The molecule has 2 aliphatic rings. The molecule has 5 heteroatoms. The van der Waals surface area contributed by atoms with Crippen molar-refractivity contribution in [3.05, 3.63) is 0 Å². The second-order valence-electron chi connectivity index (χ2n) is 4.43. The second-order valence-corrected chi connectivity index (χ2v) is 4.43. The van der Waals surface area contributed by atoms with Gasteiger partial charge in [0.2, 0.25) is 0 Å². The molecule has 1 saturated heterocycles. The number of nitrogens with zero attached hydrogens (tertiary/aromatic N) is 1. The average molecular weight is 227 g/mol. The molecule has 0 atom stereocenters. The van der Waals surface area contributed by atoms with E-state index in [1.807, 2.05) is 0 Å². The van der Waals surface area contributed by atoms with Crippen LogP contribution >= 0.6 is 0 Å². The monoisotopic (exact) mass is 227 g/mol. The first-order valence-electron chi connectivity index (χ1n) is 5.77. The van der Waals surface area contributed by atoms with Crippen molar-refractivity contribution in [1.82, 2.24) is 4.90 Å². The van der Waals surface area contributed by atoms with Crippen molar-refractivity contribution in [3.8, 4) is 0 Å². The van der Waals surface area contributed by atoms with Crippen LogP contribution in [0.25, 0.3) is 0 Å². The van der Waals surface area contributed by atoms with Crippen LogP contribution in [-0.2, 0) is 19.1 Å². The highest BCUT2D eigenvalue weighted by Gasteiger charge is 2.24. The number of morpholine rings is 1. The van der Waals surface area contributed by atoms with Gasteiger partial charge in [-0.1, -0.05) is 0 Å². The maximum Gasteiger partial charge on any atom is 0.327 e. The van der Waals surface area contributed by atoms with Gasteiger partial charge in [0.05, 0.1) is 13.1 Å². The number of rotatable bonds is 6. The highest BCUT2D eigenvalue weighted by Crippen LogP contribution is 2.28. The predicted molar refractivity (Wildman–Crippen MR) is 55.7 cm³/mol. The van der Waals surface area contributed by atoms with Crippen molar-refractivity contribution in [2.45, 2.75) is 19.3 Å². The molecule has 90 valence electrons.